The van der Waals surface area contributed by atoms with Crippen LogP contribution in [0.2, 0.25) is 10.0 Å². The molecule has 2 atom stereocenters. The number of aliphatic imine (C=N–C) groups is 1. The Morgan fingerprint density at radius 1 is 1.43 bits per heavy atom. The van der Waals surface area contributed by atoms with Crippen molar-refractivity contribution in [2.45, 2.75) is 38.1 Å². The molecule has 0 bridgehead atoms. The van der Waals surface area contributed by atoms with E-state index in [0.29, 0.717) is 29.7 Å². The van der Waals surface area contributed by atoms with Crippen molar-refractivity contribution in [3.8, 4) is 0 Å². The Bertz CT molecular complexity index is 576. The molecule has 23 heavy (non-hydrogen) atoms. The van der Waals surface area contributed by atoms with E-state index in [1.54, 1.807) is 12.4 Å². The second-order valence-electron chi connectivity index (χ2n) is 5.81. The van der Waals surface area contributed by atoms with Crippen LogP contribution in [-0.2, 0) is 15.3 Å². The Morgan fingerprint density at radius 3 is 3.00 bits per heavy atom. The molecule has 5 nitrogen and oxygen atoms in total. The van der Waals surface area contributed by atoms with E-state index in [0.717, 1.165) is 24.9 Å². The number of halogens is 2. The smallest absolute Gasteiger partial charge is 0.198 e. The summed E-state index contributed by atoms with van der Waals surface area (Å²) < 4.78 is 12.4. The van der Waals surface area contributed by atoms with Crippen LogP contribution in [0.25, 0.3) is 0 Å². The molecule has 0 aromatic heterocycles. The standard InChI is InChI=1S/C16H21Cl2N3O2/c1-2-3-13-9-22-16(23-13,6-7-21-11-19-10-20-21)14-5-4-12(17)8-15(14)18/h4-5,8,10,13H,2-3,6-7,9,11H2,1H3,(H,19,20). The van der Waals surface area contributed by atoms with Gasteiger partial charge in [-0.15, -0.1) is 0 Å². The SMILES string of the molecule is CCCC1COC(CCN2CN=CN2)(c2ccc(Cl)cc2Cl)O1. The lowest BCUT2D eigenvalue weighted by atomic mass is 10.0. The highest BCUT2D eigenvalue weighted by atomic mass is 35.5. The number of nitrogens with one attached hydrogen (secondary N) is 1. The third kappa shape index (κ3) is 3.80. The van der Waals surface area contributed by atoms with Crippen LogP contribution in [0.4, 0.5) is 0 Å². The molecule has 2 unspecified atom stereocenters. The van der Waals surface area contributed by atoms with Crippen LogP contribution in [0.5, 0.6) is 0 Å². The van der Waals surface area contributed by atoms with Gasteiger partial charge < -0.3 is 14.9 Å². The van der Waals surface area contributed by atoms with Gasteiger partial charge in [0.15, 0.2) is 5.79 Å². The van der Waals surface area contributed by atoms with Crippen LogP contribution in [0.3, 0.4) is 0 Å². The van der Waals surface area contributed by atoms with Gasteiger partial charge in [0.25, 0.3) is 0 Å². The highest BCUT2D eigenvalue weighted by Gasteiger charge is 2.44. The molecule has 0 aliphatic carbocycles. The minimum Gasteiger partial charge on any atom is -0.343 e. The van der Waals surface area contributed by atoms with Gasteiger partial charge in [0.2, 0.25) is 0 Å². The number of benzene rings is 1. The first-order chi connectivity index (χ1) is 11.1. The molecule has 1 aromatic rings. The van der Waals surface area contributed by atoms with Crippen LogP contribution in [0.1, 0.15) is 31.7 Å². The average molecular weight is 358 g/mol. The van der Waals surface area contributed by atoms with Gasteiger partial charge >= 0.3 is 0 Å². The fourth-order valence-electron chi connectivity index (χ4n) is 2.95. The lowest BCUT2D eigenvalue weighted by Gasteiger charge is -2.31. The zero-order valence-electron chi connectivity index (χ0n) is 13.1. The van der Waals surface area contributed by atoms with E-state index in [1.165, 1.54) is 0 Å². The molecule has 2 aliphatic rings. The second kappa shape index (κ2) is 7.36. The van der Waals surface area contributed by atoms with Crippen LogP contribution < -0.4 is 5.43 Å². The molecule has 0 radical (unpaired) electrons. The first-order valence-corrected chi connectivity index (χ1v) is 8.65. The molecule has 126 valence electrons. The lowest BCUT2D eigenvalue weighted by Crippen LogP contribution is -2.38. The fourth-order valence-corrected chi connectivity index (χ4v) is 3.51. The molecule has 2 aliphatic heterocycles. The molecule has 1 N–H and O–H groups in total. The Balaban J connectivity index is 1.81. The third-order valence-electron chi connectivity index (χ3n) is 4.11. The molecule has 1 fully saturated rings. The normalized spacial score (nSPS) is 27.5. The predicted octanol–water partition coefficient (Wildman–Crippen LogP) is 3.56. The van der Waals surface area contributed by atoms with Crippen molar-refractivity contribution < 1.29 is 9.47 Å². The summed E-state index contributed by atoms with van der Waals surface area (Å²) in [4.78, 5) is 4.14. The number of hydrogen-bond donors (Lipinski definition) is 1. The summed E-state index contributed by atoms with van der Waals surface area (Å²) in [5.74, 6) is -0.828. The Labute approximate surface area is 146 Å². The highest BCUT2D eigenvalue weighted by Crippen LogP contribution is 2.42. The molecule has 0 saturated carbocycles. The van der Waals surface area contributed by atoms with Crippen LogP contribution in [0.15, 0.2) is 23.2 Å². The van der Waals surface area contributed by atoms with Gasteiger partial charge in [-0.25, -0.2) is 5.01 Å². The Hall–Kier alpha value is -0.850. The van der Waals surface area contributed by atoms with E-state index in [1.807, 2.05) is 17.1 Å². The maximum atomic E-state index is 6.42. The molecule has 1 saturated heterocycles. The summed E-state index contributed by atoms with van der Waals surface area (Å²) >= 11 is 12.4. The van der Waals surface area contributed by atoms with E-state index >= 15 is 0 Å². The summed E-state index contributed by atoms with van der Waals surface area (Å²) in [6.07, 6.45) is 4.47. The van der Waals surface area contributed by atoms with E-state index in [4.69, 9.17) is 32.7 Å². The van der Waals surface area contributed by atoms with Crippen molar-refractivity contribution in [2.75, 3.05) is 19.8 Å². The van der Waals surface area contributed by atoms with Crippen molar-refractivity contribution >= 4 is 29.5 Å². The van der Waals surface area contributed by atoms with Gasteiger partial charge in [-0.1, -0.05) is 42.6 Å². The van der Waals surface area contributed by atoms with Gasteiger partial charge in [0.05, 0.1) is 24.1 Å². The van der Waals surface area contributed by atoms with Crippen LogP contribution in [-0.4, -0.2) is 37.3 Å². The first-order valence-electron chi connectivity index (χ1n) is 7.89. The van der Waals surface area contributed by atoms with E-state index < -0.39 is 5.79 Å². The Morgan fingerprint density at radius 2 is 2.30 bits per heavy atom. The van der Waals surface area contributed by atoms with Crippen LogP contribution >= 0.6 is 23.2 Å². The van der Waals surface area contributed by atoms with Crippen LogP contribution in [0, 0.1) is 0 Å². The topological polar surface area (TPSA) is 46.1 Å². The molecule has 2 heterocycles. The summed E-state index contributed by atoms with van der Waals surface area (Å²) in [7, 11) is 0. The van der Waals surface area contributed by atoms with Gasteiger partial charge in [0.1, 0.15) is 6.67 Å². The van der Waals surface area contributed by atoms with Gasteiger partial charge in [-0.3, -0.25) is 4.99 Å². The number of nitrogens with zero attached hydrogens (tertiary/aromatic N) is 2. The summed E-state index contributed by atoms with van der Waals surface area (Å²) in [6, 6.07) is 5.45. The number of hydrogen-bond acceptors (Lipinski definition) is 5. The van der Waals surface area contributed by atoms with Gasteiger partial charge in [0, 0.05) is 23.6 Å². The minimum absolute atomic E-state index is 0.0922. The second-order valence-corrected chi connectivity index (χ2v) is 6.66. The predicted molar refractivity (Wildman–Crippen MR) is 91.7 cm³/mol. The number of ether oxygens (including phenoxy) is 2. The number of rotatable bonds is 6. The molecule has 7 heteroatoms. The van der Waals surface area contributed by atoms with E-state index in [-0.39, 0.29) is 6.10 Å². The van der Waals surface area contributed by atoms with Crippen molar-refractivity contribution in [3.63, 3.8) is 0 Å². The van der Waals surface area contributed by atoms with Gasteiger partial charge in [-0.05, 0) is 18.6 Å². The molecule has 0 amide bonds. The minimum atomic E-state index is -0.828. The van der Waals surface area contributed by atoms with E-state index in [2.05, 4.69) is 17.3 Å². The quantitative estimate of drug-likeness (QED) is 0.845. The monoisotopic (exact) mass is 357 g/mol. The number of hydrazine groups is 1. The highest BCUT2D eigenvalue weighted by molar-refractivity contribution is 6.35. The zero-order valence-corrected chi connectivity index (χ0v) is 14.6. The van der Waals surface area contributed by atoms with Crippen molar-refractivity contribution in [3.05, 3.63) is 33.8 Å². The largest absolute Gasteiger partial charge is 0.343 e. The van der Waals surface area contributed by atoms with Crippen molar-refractivity contribution in [2.24, 2.45) is 4.99 Å². The summed E-state index contributed by atoms with van der Waals surface area (Å²) in [6.45, 7) is 4.08. The summed E-state index contributed by atoms with van der Waals surface area (Å²) in [5.41, 5.74) is 3.92. The molecule has 3 rings (SSSR count). The van der Waals surface area contributed by atoms with Crippen molar-refractivity contribution in [1.82, 2.24) is 10.4 Å². The first kappa shape index (κ1) is 17.0. The fraction of sp³-hybridized carbons (Fsp3) is 0.562. The molecular formula is C16H21Cl2N3O2. The lowest BCUT2D eigenvalue weighted by molar-refractivity contribution is -0.185. The van der Waals surface area contributed by atoms with E-state index in [9.17, 15) is 0 Å². The maximum Gasteiger partial charge on any atom is 0.198 e. The molecule has 0 spiro atoms. The van der Waals surface area contributed by atoms with Gasteiger partial charge in [-0.2, -0.15) is 0 Å². The average Bonchev–Trinajstić information content (AvgIpc) is 3.16. The van der Waals surface area contributed by atoms with Crippen molar-refractivity contribution in [1.29, 1.82) is 0 Å². The Kier molecular flexibility index (Phi) is 5.44. The maximum absolute atomic E-state index is 6.42. The zero-order chi connectivity index (χ0) is 16.3. The molecular weight excluding hydrogens is 337 g/mol. The third-order valence-corrected chi connectivity index (χ3v) is 4.65. The summed E-state index contributed by atoms with van der Waals surface area (Å²) in [5, 5.41) is 3.18. The molecule has 1 aromatic carbocycles.